The summed E-state index contributed by atoms with van der Waals surface area (Å²) in [6.45, 7) is 3.63. The molecule has 1 N–H and O–H groups in total. The Balaban J connectivity index is 1.53. The summed E-state index contributed by atoms with van der Waals surface area (Å²) >= 11 is 0. The Labute approximate surface area is 152 Å². The number of benzene rings is 3. The van der Waals surface area contributed by atoms with Crippen molar-refractivity contribution in [2.24, 2.45) is 0 Å². The van der Waals surface area contributed by atoms with Crippen LogP contribution in [0.4, 0.5) is 5.69 Å². The minimum atomic E-state index is -0.420. The van der Waals surface area contributed by atoms with Gasteiger partial charge in [0.15, 0.2) is 6.61 Å². The Bertz CT molecular complexity index is 963. The second-order valence-corrected chi connectivity index (χ2v) is 6.39. The first-order chi connectivity index (χ1) is 12.5. The van der Waals surface area contributed by atoms with E-state index in [0.717, 1.165) is 33.2 Å². The fourth-order valence-corrected chi connectivity index (χ4v) is 2.85. The van der Waals surface area contributed by atoms with Crippen LogP contribution in [0.3, 0.4) is 0 Å². The number of rotatable bonds is 5. The van der Waals surface area contributed by atoms with E-state index in [-0.39, 0.29) is 18.9 Å². The van der Waals surface area contributed by atoms with Crippen molar-refractivity contribution >= 4 is 28.3 Å². The molecule has 26 heavy (non-hydrogen) atoms. The molecule has 4 heteroatoms. The van der Waals surface area contributed by atoms with E-state index in [1.54, 1.807) is 0 Å². The molecule has 0 fully saturated rings. The number of esters is 1. The molecule has 0 saturated carbocycles. The van der Waals surface area contributed by atoms with Gasteiger partial charge in [-0.2, -0.15) is 0 Å². The zero-order chi connectivity index (χ0) is 18.5. The molecule has 132 valence electrons. The standard InChI is InChI=1S/C22H21NO3/c1-15-7-10-20(16(2)11-15)23-21(24)14-26-22(25)13-17-8-9-18-5-3-4-6-19(18)12-17/h3-12H,13-14H2,1-2H3,(H,23,24). The predicted molar refractivity (Wildman–Crippen MR) is 103 cm³/mol. The summed E-state index contributed by atoms with van der Waals surface area (Å²) in [7, 11) is 0. The Kier molecular flexibility index (Phi) is 5.32. The fraction of sp³-hybridized carbons (Fsp3) is 0.182. The third kappa shape index (κ3) is 4.48. The number of carbonyl (C=O) groups excluding carboxylic acids is 2. The first-order valence-corrected chi connectivity index (χ1v) is 8.52. The van der Waals surface area contributed by atoms with Crippen molar-refractivity contribution in [3.63, 3.8) is 0 Å². The number of anilines is 1. The molecule has 0 aliphatic carbocycles. The topological polar surface area (TPSA) is 55.4 Å². The van der Waals surface area contributed by atoms with E-state index in [1.165, 1.54) is 0 Å². The molecule has 0 radical (unpaired) electrons. The molecule has 4 nitrogen and oxygen atoms in total. The lowest BCUT2D eigenvalue weighted by Crippen LogP contribution is -2.22. The lowest BCUT2D eigenvalue weighted by Gasteiger charge is -2.10. The van der Waals surface area contributed by atoms with Gasteiger partial charge in [-0.3, -0.25) is 9.59 Å². The van der Waals surface area contributed by atoms with Crippen molar-refractivity contribution in [3.05, 3.63) is 77.4 Å². The Hall–Kier alpha value is -3.14. The van der Waals surface area contributed by atoms with Crippen molar-refractivity contribution in [3.8, 4) is 0 Å². The molecule has 0 spiro atoms. The third-order valence-corrected chi connectivity index (χ3v) is 4.18. The van der Waals surface area contributed by atoms with E-state index in [4.69, 9.17) is 4.74 Å². The highest BCUT2D eigenvalue weighted by atomic mass is 16.5. The zero-order valence-corrected chi connectivity index (χ0v) is 14.9. The van der Waals surface area contributed by atoms with E-state index < -0.39 is 5.97 Å². The van der Waals surface area contributed by atoms with E-state index in [2.05, 4.69) is 5.32 Å². The number of hydrogen-bond acceptors (Lipinski definition) is 3. The molecule has 0 bridgehead atoms. The summed E-state index contributed by atoms with van der Waals surface area (Å²) in [5.41, 5.74) is 3.69. The third-order valence-electron chi connectivity index (χ3n) is 4.18. The van der Waals surface area contributed by atoms with Crippen molar-refractivity contribution in [1.29, 1.82) is 0 Å². The van der Waals surface area contributed by atoms with Crippen molar-refractivity contribution < 1.29 is 14.3 Å². The summed E-state index contributed by atoms with van der Waals surface area (Å²) in [5, 5.41) is 4.96. The number of ether oxygens (including phenoxy) is 1. The zero-order valence-electron chi connectivity index (χ0n) is 14.9. The maximum absolute atomic E-state index is 12.0. The molecule has 0 aromatic heterocycles. The molecule has 0 atom stereocenters. The molecular weight excluding hydrogens is 326 g/mol. The van der Waals surface area contributed by atoms with E-state index in [1.807, 2.05) is 74.5 Å². The molecule has 3 aromatic carbocycles. The number of aryl methyl sites for hydroxylation is 2. The normalized spacial score (nSPS) is 10.5. The van der Waals surface area contributed by atoms with Gasteiger partial charge in [0.2, 0.25) is 0 Å². The lowest BCUT2D eigenvalue weighted by atomic mass is 10.1. The number of fused-ring (bicyclic) bond motifs is 1. The Morgan fingerprint density at radius 1 is 0.923 bits per heavy atom. The molecule has 0 aliphatic heterocycles. The van der Waals surface area contributed by atoms with Gasteiger partial charge in [0.25, 0.3) is 5.91 Å². The first-order valence-electron chi connectivity index (χ1n) is 8.52. The van der Waals surface area contributed by atoms with Crippen LogP contribution in [0.25, 0.3) is 10.8 Å². The van der Waals surface area contributed by atoms with Crippen LogP contribution in [0.5, 0.6) is 0 Å². The highest BCUT2D eigenvalue weighted by Gasteiger charge is 2.10. The van der Waals surface area contributed by atoms with Crippen molar-refractivity contribution in [2.45, 2.75) is 20.3 Å². The van der Waals surface area contributed by atoms with Crippen LogP contribution in [-0.2, 0) is 20.7 Å². The maximum atomic E-state index is 12.0. The van der Waals surface area contributed by atoms with Crippen LogP contribution in [0, 0.1) is 13.8 Å². The summed E-state index contributed by atoms with van der Waals surface area (Å²) in [4.78, 5) is 24.0. The molecule has 3 rings (SSSR count). The minimum absolute atomic E-state index is 0.141. The van der Waals surface area contributed by atoms with Gasteiger partial charge in [-0.15, -0.1) is 0 Å². The molecule has 1 amide bonds. The molecule has 0 unspecified atom stereocenters. The quantitative estimate of drug-likeness (QED) is 0.705. The van der Waals surface area contributed by atoms with Gasteiger partial charge < -0.3 is 10.1 Å². The van der Waals surface area contributed by atoms with Gasteiger partial charge >= 0.3 is 5.97 Å². The lowest BCUT2D eigenvalue weighted by molar-refractivity contribution is -0.146. The van der Waals surface area contributed by atoms with Crippen LogP contribution < -0.4 is 5.32 Å². The van der Waals surface area contributed by atoms with Gasteiger partial charge in [0.1, 0.15) is 0 Å². The molecular formula is C22H21NO3. The average molecular weight is 347 g/mol. The van der Waals surface area contributed by atoms with Crippen LogP contribution in [0.1, 0.15) is 16.7 Å². The Morgan fingerprint density at radius 2 is 1.69 bits per heavy atom. The Morgan fingerprint density at radius 3 is 2.46 bits per heavy atom. The van der Waals surface area contributed by atoms with E-state index >= 15 is 0 Å². The highest BCUT2D eigenvalue weighted by Crippen LogP contribution is 2.17. The van der Waals surface area contributed by atoms with E-state index in [9.17, 15) is 9.59 Å². The van der Waals surface area contributed by atoms with Gasteiger partial charge in [0, 0.05) is 5.69 Å². The van der Waals surface area contributed by atoms with Gasteiger partial charge in [-0.25, -0.2) is 0 Å². The molecule has 0 heterocycles. The monoisotopic (exact) mass is 347 g/mol. The SMILES string of the molecule is Cc1ccc(NC(=O)COC(=O)Cc2ccc3ccccc3c2)c(C)c1. The molecule has 0 saturated heterocycles. The summed E-state index contributed by atoms with van der Waals surface area (Å²) < 4.78 is 5.10. The smallest absolute Gasteiger partial charge is 0.310 e. The maximum Gasteiger partial charge on any atom is 0.310 e. The largest absolute Gasteiger partial charge is 0.455 e. The first kappa shape index (κ1) is 17.7. The molecule has 3 aromatic rings. The van der Waals surface area contributed by atoms with Crippen LogP contribution in [0.2, 0.25) is 0 Å². The summed E-state index contributed by atoms with van der Waals surface area (Å²) in [6, 6.07) is 19.6. The van der Waals surface area contributed by atoms with Crippen molar-refractivity contribution in [2.75, 3.05) is 11.9 Å². The van der Waals surface area contributed by atoms with E-state index in [0.29, 0.717) is 0 Å². The summed E-state index contributed by atoms with van der Waals surface area (Å²) in [6.07, 6.45) is 0.141. The average Bonchev–Trinajstić information content (AvgIpc) is 2.62. The second-order valence-electron chi connectivity index (χ2n) is 6.39. The van der Waals surface area contributed by atoms with Crippen LogP contribution in [-0.4, -0.2) is 18.5 Å². The number of carbonyl (C=O) groups is 2. The molecule has 0 aliphatic rings. The highest BCUT2D eigenvalue weighted by molar-refractivity contribution is 5.93. The van der Waals surface area contributed by atoms with Crippen LogP contribution in [0.15, 0.2) is 60.7 Å². The van der Waals surface area contributed by atoms with Gasteiger partial charge in [-0.05, 0) is 41.8 Å². The second kappa shape index (κ2) is 7.83. The van der Waals surface area contributed by atoms with Gasteiger partial charge in [-0.1, -0.05) is 60.2 Å². The number of hydrogen-bond donors (Lipinski definition) is 1. The van der Waals surface area contributed by atoms with Crippen LogP contribution >= 0.6 is 0 Å². The number of nitrogens with one attached hydrogen (secondary N) is 1. The number of amides is 1. The fourth-order valence-electron chi connectivity index (χ4n) is 2.85. The predicted octanol–water partition coefficient (Wildman–Crippen LogP) is 4.18. The van der Waals surface area contributed by atoms with Gasteiger partial charge in [0.05, 0.1) is 6.42 Å². The van der Waals surface area contributed by atoms with Crippen molar-refractivity contribution in [1.82, 2.24) is 0 Å². The minimum Gasteiger partial charge on any atom is -0.455 e. The summed E-state index contributed by atoms with van der Waals surface area (Å²) in [5.74, 6) is -0.764.